The summed E-state index contributed by atoms with van der Waals surface area (Å²) in [6, 6.07) is 12.0. The molecule has 2 aromatic carbocycles. The van der Waals surface area contributed by atoms with Gasteiger partial charge in [-0.3, -0.25) is 4.79 Å². The minimum atomic E-state index is 0.00967. The molecule has 1 saturated heterocycles. The fourth-order valence-corrected chi connectivity index (χ4v) is 3.86. The Bertz CT molecular complexity index is 905. The van der Waals surface area contributed by atoms with E-state index in [-0.39, 0.29) is 5.91 Å². The molecule has 0 atom stereocenters. The van der Waals surface area contributed by atoms with E-state index in [9.17, 15) is 4.79 Å². The van der Waals surface area contributed by atoms with E-state index in [0.29, 0.717) is 42.8 Å². The van der Waals surface area contributed by atoms with Crippen LogP contribution in [-0.2, 0) is 4.79 Å². The van der Waals surface area contributed by atoms with E-state index in [1.807, 2.05) is 17.0 Å². The lowest BCUT2D eigenvalue weighted by Crippen LogP contribution is -2.48. The Kier molecular flexibility index (Phi) is 5.44. The minimum Gasteiger partial charge on any atom is -0.486 e. The van der Waals surface area contributed by atoms with Gasteiger partial charge in [0.05, 0.1) is 5.02 Å². The summed E-state index contributed by atoms with van der Waals surface area (Å²) in [7, 11) is 0. The number of nitrogens with zero attached hydrogens (tertiary/aromatic N) is 2. The number of carbonyl (C=O) groups excluding carboxylic acids is 1. The number of hydrogen-bond donors (Lipinski definition) is 0. The first-order valence-corrected chi connectivity index (χ1v) is 9.86. The number of amides is 1. The Labute approximate surface area is 170 Å². The van der Waals surface area contributed by atoms with Crippen LogP contribution in [0, 0.1) is 6.92 Å². The zero-order valence-electron chi connectivity index (χ0n) is 15.9. The number of aryl methyl sites for hydroxylation is 1. The molecule has 146 valence electrons. The van der Waals surface area contributed by atoms with Crippen LogP contribution in [0.25, 0.3) is 6.08 Å². The van der Waals surface area contributed by atoms with E-state index in [2.05, 4.69) is 30.0 Å². The highest BCUT2D eigenvalue weighted by atomic mass is 35.5. The van der Waals surface area contributed by atoms with Crippen molar-refractivity contribution in [2.24, 2.45) is 0 Å². The van der Waals surface area contributed by atoms with Crippen molar-refractivity contribution in [1.29, 1.82) is 0 Å². The molecule has 1 fully saturated rings. The van der Waals surface area contributed by atoms with Crippen molar-refractivity contribution in [1.82, 2.24) is 4.90 Å². The average molecular weight is 399 g/mol. The maximum absolute atomic E-state index is 12.6. The standard InChI is InChI=1S/C22H23ClN2O3/c1-16-4-2-3-5-19(16)24-8-10-25(11-9-24)21(26)7-6-17-14-18(23)22-20(15-17)27-12-13-28-22/h2-7,14-15H,8-13H2,1H3/b7-6+. The zero-order chi connectivity index (χ0) is 19.5. The maximum atomic E-state index is 12.6. The lowest BCUT2D eigenvalue weighted by Gasteiger charge is -2.36. The van der Waals surface area contributed by atoms with Crippen LogP contribution in [0.4, 0.5) is 5.69 Å². The molecular formula is C22H23ClN2O3. The van der Waals surface area contributed by atoms with Crippen LogP contribution >= 0.6 is 11.6 Å². The molecule has 0 saturated carbocycles. The van der Waals surface area contributed by atoms with E-state index in [1.165, 1.54) is 11.3 Å². The molecule has 0 unspecified atom stereocenters. The van der Waals surface area contributed by atoms with Gasteiger partial charge in [-0.1, -0.05) is 29.8 Å². The SMILES string of the molecule is Cc1ccccc1N1CCN(C(=O)/C=C/c2cc(Cl)c3c(c2)OCCO3)CC1. The number of halogens is 1. The fourth-order valence-electron chi connectivity index (χ4n) is 3.59. The highest BCUT2D eigenvalue weighted by molar-refractivity contribution is 6.32. The van der Waals surface area contributed by atoms with E-state index >= 15 is 0 Å². The lowest BCUT2D eigenvalue weighted by molar-refractivity contribution is -0.126. The Morgan fingerprint density at radius 1 is 1.07 bits per heavy atom. The molecule has 0 bridgehead atoms. The van der Waals surface area contributed by atoms with Crippen LogP contribution in [0.15, 0.2) is 42.5 Å². The Balaban J connectivity index is 1.38. The van der Waals surface area contributed by atoms with Crippen molar-refractivity contribution in [2.45, 2.75) is 6.92 Å². The maximum Gasteiger partial charge on any atom is 0.246 e. The van der Waals surface area contributed by atoms with Gasteiger partial charge in [0.15, 0.2) is 11.5 Å². The first-order valence-electron chi connectivity index (χ1n) is 9.48. The molecule has 0 aromatic heterocycles. The molecule has 2 aliphatic heterocycles. The molecule has 0 aliphatic carbocycles. The largest absolute Gasteiger partial charge is 0.486 e. The van der Waals surface area contributed by atoms with Gasteiger partial charge in [-0.15, -0.1) is 0 Å². The first-order chi connectivity index (χ1) is 13.6. The van der Waals surface area contributed by atoms with Crippen molar-refractivity contribution < 1.29 is 14.3 Å². The molecule has 2 heterocycles. The van der Waals surface area contributed by atoms with Crippen LogP contribution < -0.4 is 14.4 Å². The molecule has 0 radical (unpaired) electrons. The molecule has 0 N–H and O–H groups in total. The molecule has 2 aliphatic rings. The Hall–Kier alpha value is -2.66. The zero-order valence-corrected chi connectivity index (χ0v) is 16.6. The third kappa shape index (κ3) is 3.94. The number of benzene rings is 2. The van der Waals surface area contributed by atoms with Gasteiger partial charge >= 0.3 is 0 Å². The molecule has 6 heteroatoms. The minimum absolute atomic E-state index is 0.00967. The quantitative estimate of drug-likeness (QED) is 0.738. The van der Waals surface area contributed by atoms with E-state index in [0.717, 1.165) is 18.7 Å². The second-order valence-electron chi connectivity index (χ2n) is 6.96. The van der Waals surface area contributed by atoms with Gasteiger partial charge in [0, 0.05) is 37.9 Å². The van der Waals surface area contributed by atoms with Crippen LogP contribution in [0.3, 0.4) is 0 Å². The van der Waals surface area contributed by atoms with E-state index in [4.69, 9.17) is 21.1 Å². The van der Waals surface area contributed by atoms with Crippen molar-refractivity contribution in [3.05, 3.63) is 58.6 Å². The number of rotatable bonds is 3. The normalized spacial score (nSPS) is 16.5. The summed E-state index contributed by atoms with van der Waals surface area (Å²) in [4.78, 5) is 16.8. The summed E-state index contributed by atoms with van der Waals surface area (Å²) in [6.45, 7) is 6.20. The number of carbonyl (C=O) groups is 1. The number of fused-ring (bicyclic) bond motifs is 1. The van der Waals surface area contributed by atoms with Crippen LogP contribution in [0.1, 0.15) is 11.1 Å². The molecular weight excluding hydrogens is 376 g/mol. The topological polar surface area (TPSA) is 42.0 Å². The summed E-state index contributed by atoms with van der Waals surface area (Å²) in [5, 5.41) is 0.496. The first kappa shape index (κ1) is 18.7. The third-order valence-electron chi connectivity index (χ3n) is 5.09. The molecule has 5 nitrogen and oxygen atoms in total. The Morgan fingerprint density at radius 2 is 1.82 bits per heavy atom. The third-order valence-corrected chi connectivity index (χ3v) is 5.37. The summed E-state index contributed by atoms with van der Waals surface area (Å²) >= 11 is 6.26. The van der Waals surface area contributed by atoms with Crippen LogP contribution in [0.5, 0.6) is 11.5 Å². The van der Waals surface area contributed by atoms with Crippen molar-refractivity contribution >= 4 is 29.3 Å². The van der Waals surface area contributed by atoms with Gasteiger partial charge in [0.1, 0.15) is 13.2 Å². The lowest BCUT2D eigenvalue weighted by atomic mass is 10.1. The predicted octanol–water partition coefficient (Wildman–Crippen LogP) is 3.78. The number of ether oxygens (including phenoxy) is 2. The molecule has 0 spiro atoms. The van der Waals surface area contributed by atoms with Gasteiger partial charge < -0.3 is 19.3 Å². The molecule has 4 rings (SSSR count). The van der Waals surface area contributed by atoms with Crippen molar-refractivity contribution in [2.75, 3.05) is 44.3 Å². The highest BCUT2D eigenvalue weighted by Gasteiger charge is 2.21. The average Bonchev–Trinajstić information content (AvgIpc) is 2.73. The smallest absolute Gasteiger partial charge is 0.246 e. The van der Waals surface area contributed by atoms with Crippen molar-refractivity contribution in [3.63, 3.8) is 0 Å². The number of para-hydroxylation sites is 1. The summed E-state index contributed by atoms with van der Waals surface area (Å²) in [5.41, 5.74) is 3.33. The highest BCUT2D eigenvalue weighted by Crippen LogP contribution is 2.38. The Morgan fingerprint density at radius 3 is 2.61 bits per heavy atom. The van der Waals surface area contributed by atoms with Crippen LogP contribution in [-0.4, -0.2) is 50.2 Å². The second-order valence-corrected chi connectivity index (χ2v) is 7.37. The molecule has 2 aromatic rings. The molecule has 28 heavy (non-hydrogen) atoms. The van der Waals surface area contributed by atoms with E-state index < -0.39 is 0 Å². The van der Waals surface area contributed by atoms with Gasteiger partial charge in [-0.2, -0.15) is 0 Å². The number of anilines is 1. The fraction of sp³-hybridized carbons (Fsp3) is 0.318. The van der Waals surface area contributed by atoms with Gasteiger partial charge in [-0.05, 0) is 42.3 Å². The molecule has 1 amide bonds. The van der Waals surface area contributed by atoms with Crippen LogP contribution in [0.2, 0.25) is 5.02 Å². The van der Waals surface area contributed by atoms with Gasteiger partial charge in [-0.25, -0.2) is 0 Å². The van der Waals surface area contributed by atoms with Gasteiger partial charge in [0.2, 0.25) is 5.91 Å². The second kappa shape index (κ2) is 8.15. The summed E-state index contributed by atoms with van der Waals surface area (Å²) in [5.74, 6) is 1.21. The number of piperazine rings is 1. The van der Waals surface area contributed by atoms with Gasteiger partial charge in [0.25, 0.3) is 0 Å². The number of hydrogen-bond acceptors (Lipinski definition) is 4. The monoisotopic (exact) mass is 398 g/mol. The van der Waals surface area contributed by atoms with E-state index in [1.54, 1.807) is 18.2 Å². The summed E-state index contributed by atoms with van der Waals surface area (Å²) in [6.07, 6.45) is 3.38. The predicted molar refractivity (Wildman–Crippen MR) is 111 cm³/mol. The summed E-state index contributed by atoms with van der Waals surface area (Å²) < 4.78 is 11.1. The van der Waals surface area contributed by atoms with Crippen molar-refractivity contribution in [3.8, 4) is 11.5 Å².